The van der Waals surface area contributed by atoms with Crippen molar-refractivity contribution in [1.29, 1.82) is 0 Å². The number of amides is 1. The van der Waals surface area contributed by atoms with Crippen LogP contribution < -0.4 is 5.32 Å². The second kappa shape index (κ2) is 7.61. The average molecular weight is 481 g/mol. The van der Waals surface area contributed by atoms with Gasteiger partial charge in [-0.05, 0) is 43.2 Å². The summed E-state index contributed by atoms with van der Waals surface area (Å²) in [6, 6.07) is 5.68. The SMILES string of the molecule is O=C(Nc1nc2cccc(C3CCC4(CC3)CN(COC[C@@H]3CC3(F)F)C4)n2n1)[C@@H]1CC1(F)F. The molecule has 1 spiro atoms. The Balaban J connectivity index is 1.03. The number of alkyl halides is 4. The van der Waals surface area contributed by atoms with Crippen molar-refractivity contribution in [2.75, 3.05) is 31.7 Å². The third-order valence-electron chi connectivity index (χ3n) is 7.90. The molecule has 0 unspecified atom stereocenters. The first-order valence-electron chi connectivity index (χ1n) is 11.9. The highest BCUT2D eigenvalue weighted by Crippen LogP contribution is 2.50. The molecule has 34 heavy (non-hydrogen) atoms. The monoisotopic (exact) mass is 481 g/mol. The lowest BCUT2D eigenvalue weighted by Crippen LogP contribution is -2.57. The van der Waals surface area contributed by atoms with E-state index in [1.165, 1.54) is 0 Å². The van der Waals surface area contributed by atoms with Gasteiger partial charge in [0.2, 0.25) is 11.9 Å². The maximum absolute atomic E-state index is 13.2. The van der Waals surface area contributed by atoms with Gasteiger partial charge in [-0.25, -0.2) is 22.1 Å². The lowest BCUT2D eigenvalue weighted by atomic mass is 9.65. The number of hydrogen-bond donors (Lipinski definition) is 1. The van der Waals surface area contributed by atoms with Gasteiger partial charge in [0.05, 0.1) is 19.3 Å². The summed E-state index contributed by atoms with van der Waals surface area (Å²) in [5.41, 5.74) is 1.83. The zero-order chi connectivity index (χ0) is 23.7. The predicted octanol–water partition coefficient (Wildman–Crippen LogP) is 3.91. The number of rotatable bonds is 7. The summed E-state index contributed by atoms with van der Waals surface area (Å²) in [7, 11) is 0. The molecular formula is C23H27F4N5O2. The van der Waals surface area contributed by atoms with E-state index in [9.17, 15) is 22.4 Å². The molecule has 2 aromatic rings. The van der Waals surface area contributed by atoms with Crippen molar-refractivity contribution in [3.05, 3.63) is 23.9 Å². The second-order valence-corrected chi connectivity index (χ2v) is 10.6. The van der Waals surface area contributed by atoms with Gasteiger partial charge in [-0.3, -0.25) is 15.0 Å². The Morgan fingerprint density at radius 2 is 1.82 bits per heavy atom. The maximum Gasteiger partial charge on any atom is 0.260 e. The summed E-state index contributed by atoms with van der Waals surface area (Å²) in [5.74, 6) is -7.77. The van der Waals surface area contributed by atoms with Crippen molar-refractivity contribution in [2.24, 2.45) is 17.3 Å². The highest BCUT2D eigenvalue weighted by atomic mass is 19.3. The van der Waals surface area contributed by atoms with Gasteiger partial charge in [-0.2, -0.15) is 4.98 Å². The van der Waals surface area contributed by atoms with Gasteiger partial charge >= 0.3 is 0 Å². The number of hydrogen-bond acceptors (Lipinski definition) is 5. The molecule has 11 heteroatoms. The van der Waals surface area contributed by atoms with Crippen molar-refractivity contribution < 1.29 is 27.1 Å². The summed E-state index contributed by atoms with van der Waals surface area (Å²) in [6.45, 7) is 2.40. The first-order chi connectivity index (χ1) is 16.1. The fraction of sp³-hybridized carbons (Fsp3) is 0.696. The molecule has 4 fully saturated rings. The van der Waals surface area contributed by atoms with Crippen molar-refractivity contribution in [2.45, 2.75) is 56.3 Å². The summed E-state index contributed by atoms with van der Waals surface area (Å²) in [4.78, 5) is 18.5. The van der Waals surface area contributed by atoms with Crippen LogP contribution in [0.15, 0.2) is 18.2 Å². The lowest BCUT2D eigenvalue weighted by molar-refractivity contribution is -0.119. The number of fused-ring (bicyclic) bond motifs is 1. The van der Waals surface area contributed by atoms with E-state index < -0.39 is 36.0 Å². The van der Waals surface area contributed by atoms with Crippen molar-refractivity contribution in [3.8, 4) is 0 Å². The molecule has 0 radical (unpaired) electrons. The first-order valence-corrected chi connectivity index (χ1v) is 11.9. The Kier molecular flexibility index (Phi) is 4.97. The summed E-state index contributed by atoms with van der Waals surface area (Å²) < 4.78 is 59.4. The van der Waals surface area contributed by atoms with Gasteiger partial charge in [-0.1, -0.05) is 6.07 Å². The molecule has 3 heterocycles. The summed E-state index contributed by atoms with van der Waals surface area (Å²) in [6.07, 6.45) is 3.60. The fourth-order valence-electron chi connectivity index (χ4n) is 5.59. The van der Waals surface area contributed by atoms with E-state index in [1.807, 2.05) is 12.1 Å². The Labute approximate surface area is 193 Å². The Bertz CT molecular complexity index is 1110. The molecule has 7 nitrogen and oxygen atoms in total. The third kappa shape index (κ3) is 4.06. The van der Waals surface area contributed by atoms with E-state index in [0.717, 1.165) is 44.5 Å². The number of carbonyl (C=O) groups excluding carboxylic acids is 1. The van der Waals surface area contributed by atoms with Crippen LogP contribution >= 0.6 is 0 Å². The Morgan fingerprint density at radius 3 is 2.47 bits per heavy atom. The number of pyridine rings is 1. The smallest absolute Gasteiger partial charge is 0.260 e. The van der Waals surface area contributed by atoms with E-state index in [0.29, 0.717) is 12.4 Å². The first kappa shape index (κ1) is 22.2. The minimum atomic E-state index is -2.93. The second-order valence-electron chi connectivity index (χ2n) is 10.6. The predicted molar refractivity (Wildman–Crippen MR) is 114 cm³/mol. The Hall–Kier alpha value is -2.27. The van der Waals surface area contributed by atoms with Gasteiger partial charge in [0.15, 0.2) is 5.65 Å². The molecule has 4 aliphatic rings. The Morgan fingerprint density at radius 1 is 1.12 bits per heavy atom. The number of anilines is 1. The van der Waals surface area contributed by atoms with Crippen molar-refractivity contribution in [3.63, 3.8) is 0 Å². The molecular weight excluding hydrogens is 454 g/mol. The van der Waals surface area contributed by atoms with Gasteiger partial charge in [0.1, 0.15) is 5.92 Å². The van der Waals surface area contributed by atoms with Crippen LogP contribution in [0, 0.1) is 17.3 Å². The fourth-order valence-corrected chi connectivity index (χ4v) is 5.59. The average Bonchev–Trinajstić information content (AvgIpc) is 3.52. The highest BCUT2D eigenvalue weighted by molar-refractivity contribution is 5.94. The standard InChI is InChI=1S/C23H27F4N5O2/c24-22(25)8-15(22)10-34-13-31-11-21(12-31)6-4-14(5-7-21)17-2-1-3-18-28-20(30-32(17)18)29-19(33)16-9-23(16,26)27/h1-3,14-16H,4-13H2,(H,29,30,33)/t15-,16-/m0/s1. The van der Waals surface area contributed by atoms with Crippen LogP contribution in [0.4, 0.5) is 23.5 Å². The number of ether oxygens (including phenoxy) is 1. The minimum absolute atomic E-state index is 0.0472. The van der Waals surface area contributed by atoms with Crippen LogP contribution in [-0.4, -0.2) is 63.7 Å². The van der Waals surface area contributed by atoms with Crippen LogP contribution in [0.1, 0.15) is 50.1 Å². The van der Waals surface area contributed by atoms with E-state index in [1.54, 1.807) is 10.6 Å². The zero-order valence-corrected chi connectivity index (χ0v) is 18.7. The van der Waals surface area contributed by atoms with E-state index in [2.05, 4.69) is 20.3 Å². The molecule has 2 atom stereocenters. The molecule has 184 valence electrons. The van der Waals surface area contributed by atoms with Crippen LogP contribution in [-0.2, 0) is 9.53 Å². The van der Waals surface area contributed by atoms with E-state index in [4.69, 9.17) is 4.74 Å². The molecule has 1 amide bonds. The normalized spacial score (nSPS) is 29.2. The van der Waals surface area contributed by atoms with Crippen LogP contribution in [0.2, 0.25) is 0 Å². The largest absolute Gasteiger partial charge is 0.366 e. The summed E-state index contributed by atoms with van der Waals surface area (Å²) >= 11 is 0. The molecule has 1 N–H and O–H groups in total. The molecule has 1 aliphatic heterocycles. The summed E-state index contributed by atoms with van der Waals surface area (Å²) in [5, 5.41) is 6.81. The number of aromatic nitrogens is 3. The van der Waals surface area contributed by atoms with Gasteiger partial charge in [0, 0.05) is 37.5 Å². The van der Waals surface area contributed by atoms with Gasteiger partial charge in [0.25, 0.3) is 11.8 Å². The molecule has 6 rings (SSSR count). The maximum atomic E-state index is 13.2. The molecule has 1 saturated heterocycles. The highest BCUT2D eigenvalue weighted by Gasteiger charge is 2.61. The molecule has 2 aromatic heterocycles. The lowest BCUT2D eigenvalue weighted by Gasteiger charge is -2.53. The number of carbonyl (C=O) groups is 1. The number of nitrogens with one attached hydrogen (secondary N) is 1. The molecule has 0 aromatic carbocycles. The van der Waals surface area contributed by atoms with Gasteiger partial charge in [-0.15, -0.1) is 5.10 Å². The van der Waals surface area contributed by atoms with Gasteiger partial charge < -0.3 is 4.74 Å². The van der Waals surface area contributed by atoms with Crippen molar-refractivity contribution >= 4 is 17.5 Å². The number of likely N-dealkylation sites (tertiary alicyclic amines) is 1. The van der Waals surface area contributed by atoms with Crippen LogP contribution in [0.5, 0.6) is 0 Å². The third-order valence-corrected chi connectivity index (χ3v) is 7.90. The number of nitrogens with zero attached hydrogens (tertiary/aromatic N) is 4. The van der Waals surface area contributed by atoms with Crippen LogP contribution in [0.25, 0.3) is 5.65 Å². The zero-order valence-electron chi connectivity index (χ0n) is 18.7. The van der Waals surface area contributed by atoms with Crippen molar-refractivity contribution in [1.82, 2.24) is 19.5 Å². The molecule has 3 saturated carbocycles. The molecule has 3 aliphatic carbocycles. The van der Waals surface area contributed by atoms with E-state index >= 15 is 0 Å². The van der Waals surface area contributed by atoms with E-state index in [-0.39, 0.29) is 30.3 Å². The topological polar surface area (TPSA) is 71.8 Å². The number of halogens is 4. The van der Waals surface area contributed by atoms with Crippen LogP contribution in [0.3, 0.4) is 0 Å². The molecule has 0 bridgehead atoms. The quantitative estimate of drug-likeness (QED) is 0.608. The minimum Gasteiger partial charge on any atom is -0.366 e.